The van der Waals surface area contributed by atoms with E-state index in [1.165, 1.54) is 11.8 Å². The van der Waals surface area contributed by atoms with E-state index in [-0.39, 0.29) is 35.1 Å². The lowest BCUT2D eigenvalue weighted by molar-refractivity contribution is -0.119. The Balaban J connectivity index is 1.36. The smallest absolute Gasteiger partial charge is 0.230 e. The molecule has 1 aromatic heterocycles. The summed E-state index contributed by atoms with van der Waals surface area (Å²) < 4.78 is 25.3. The summed E-state index contributed by atoms with van der Waals surface area (Å²) in [6, 6.07) is 20.0. The molecular formula is C24H28N4O3S2. The zero-order chi connectivity index (χ0) is 23.3. The highest BCUT2D eigenvalue weighted by atomic mass is 32.2. The fraction of sp³-hybridized carbons (Fsp3) is 0.375. The van der Waals surface area contributed by atoms with Gasteiger partial charge >= 0.3 is 0 Å². The van der Waals surface area contributed by atoms with Gasteiger partial charge in [0, 0.05) is 13.5 Å². The topological polar surface area (TPSA) is 93.9 Å². The van der Waals surface area contributed by atoms with Crippen molar-refractivity contribution in [1.82, 2.24) is 20.1 Å². The van der Waals surface area contributed by atoms with E-state index < -0.39 is 9.84 Å². The second kappa shape index (κ2) is 10.5. The van der Waals surface area contributed by atoms with E-state index in [0.29, 0.717) is 24.4 Å². The maximum atomic E-state index is 12.8. The number of carbonyl (C=O) groups excluding carboxylic acids is 1. The number of rotatable bonds is 9. The fourth-order valence-corrected chi connectivity index (χ4v) is 6.70. The molecule has 0 saturated carbocycles. The Morgan fingerprint density at radius 2 is 1.82 bits per heavy atom. The molecule has 1 amide bonds. The van der Waals surface area contributed by atoms with Crippen LogP contribution < -0.4 is 5.32 Å². The van der Waals surface area contributed by atoms with Crippen molar-refractivity contribution in [2.75, 3.05) is 17.3 Å². The number of hydrogen-bond donors (Lipinski definition) is 1. The van der Waals surface area contributed by atoms with Crippen molar-refractivity contribution in [3.8, 4) is 0 Å². The highest BCUT2D eigenvalue weighted by molar-refractivity contribution is 7.99. The lowest BCUT2D eigenvalue weighted by atomic mass is 9.99. The number of hydrogen-bond acceptors (Lipinski definition) is 6. The van der Waals surface area contributed by atoms with Crippen LogP contribution in [0.25, 0.3) is 0 Å². The van der Waals surface area contributed by atoms with E-state index in [1.54, 1.807) is 0 Å². The van der Waals surface area contributed by atoms with Crippen LogP contribution in [-0.4, -0.2) is 46.3 Å². The van der Waals surface area contributed by atoms with Gasteiger partial charge in [-0.25, -0.2) is 8.42 Å². The van der Waals surface area contributed by atoms with Gasteiger partial charge in [0.1, 0.15) is 5.82 Å². The van der Waals surface area contributed by atoms with Gasteiger partial charge in [-0.15, -0.1) is 10.2 Å². The number of carbonyl (C=O) groups is 1. The first-order valence-corrected chi connectivity index (χ1v) is 13.8. The van der Waals surface area contributed by atoms with E-state index in [2.05, 4.69) is 27.6 Å². The number of thioether (sulfide) groups is 1. The lowest BCUT2D eigenvalue weighted by Gasteiger charge is -2.19. The summed E-state index contributed by atoms with van der Waals surface area (Å²) >= 11 is 1.34. The Labute approximate surface area is 198 Å². The van der Waals surface area contributed by atoms with E-state index in [0.717, 1.165) is 17.0 Å². The molecule has 2 heterocycles. The number of amides is 1. The molecule has 4 rings (SSSR count). The molecule has 0 spiro atoms. The van der Waals surface area contributed by atoms with Crippen molar-refractivity contribution < 1.29 is 13.2 Å². The second-order valence-corrected chi connectivity index (χ2v) is 11.6. The predicted octanol–water partition coefficient (Wildman–Crippen LogP) is 2.98. The number of benzene rings is 2. The van der Waals surface area contributed by atoms with Crippen LogP contribution in [-0.2, 0) is 34.5 Å². The highest BCUT2D eigenvalue weighted by Gasteiger charge is 2.29. The van der Waals surface area contributed by atoms with Crippen molar-refractivity contribution in [2.24, 2.45) is 13.0 Å². The maximum Gasteiger partial charge on any atom is 0.230 e. The number of aromatic nitrogens is 3. The van der Waals surface area contributed by atoms with Crippen LogP contribution in [0.3, 0.4) is 0 Å². The van der Waals surface area contributed by atoms with Gasteiger partial charge in [0.15, 0.2) is 15.0 Å². The van der Waals surface area contributed by atoms with Gasteiger partial charge in [-0.3, -0.25) is 4.79 Å². The van der Waals surface area contributed by atoms with Gasteiger partial charge in [0.2, 0.25) is 5.91 Å². The van der Waals surface area contributed by atoms with E-state index in [4.69, 9.17) is 0 Å². The van der Waals surface area contributed by atoms with Crippen molar-refractivity contribution in [1.29, 1.82) is 0 Å². The molecule has 1 N–H and O–H groups in total. The zero-order valence-corrected chi connectivity index (χ0v) is 20.2. The van der Waals surface area contributed by atoms with Gasteiger partial charge in [-0.2, -0.15) is 0 Å². The first-order chi connectivity index (χ1) is 15.9. The van der Waals surface area contributed by atoms with Crippen LogP contribution >= 0.6 is 11.8 Å². The molecular weight excluding hydrogens is 456 g/mol. The molecule has 7 nitrogen and oxygen atoms in total. The minimum atomic E-state index is -2.92. The third-order valence-corrected chi connectivity index (χ3v) is 8.73. The molecule has 1 aliphatic heterocycles. The first-order valence-electron chi connectivity index (χ1n) is 11.0. The van der Waals surface area contributed by atoms with Gasteiger partial charge in [-0.1, -0.05) is 72.4 Å². The average Bonchev–Trinajstić information content (AvgIpc) is 3.34. The number of nitrogens with zero attached hydrogens (tertiary/aromatic N) is 3. The van der Waals surface area contributed by atoms with E-state index in [1.807, 2.05) is 60.1 Å². The molecule has 2 unspecified atom stereocenters. The summed E-state index contributed by atoms with van der Waals surface area (Å²) in [6.45, 7) is 0. The summed E-state index contributed by atoms with van der Waals surface area (Å²) in [5.41, 5.74) is 2.22. The van der Waals surface area contributed by atoms with Crippen molar-refractivity contribution >= 4 is 27.5 Å². The van der Waals surface area contributed by atoms with Gasteiger partial charge in [-0.05, 0) is 29.9 Å². The first kappa shape index (κ1) is 23.5. The Bertz CT molecular complexity index is 1180. The molecule has 0 aliphatic carbocycles. The largest absolute Gasteiger partial charge is 0.348 e. The van der Waals surface area contributed by atoms with Crippen LogP contribution in [0.5, 0.6) is 0 Å². The van der Waals surface area contributed by atoms with Gasteiger partial charge in [0.05, 0.1) is 23.3 Å². The number of nitrogens with one attached hydrogen (secondary N) is 1. The second-order valence-electron chi connectivity index (χ2n) is 8.44. The summed E-state index contributed by atoms with van der Waals surface area (Å²) in [7, 11) is -1.05. The molecule has 174 valence electrons. The standard InChI is InChI=1S/C24H28N4O3S2/c1-28-22(15-19-12-13-33(30,31)17-19)26-27-24(28)32-16-23(29)25-21(20-10-6-3-7-11-20)14-18-8-4-2-5-9-18/h2-11,19,21H,12-17H2,1H3,(H,25,29). The van der Waals surface area contributed by atoms with Crippen LogP contribution in [0.1, 0.15) is 29.4 Å². The maximum absolute atomic E-state index is 12.8. The number of sulfone groups is 1. The Hall–Kier alpha value is -2.65. The normalized spacial score (nSPS) is 18.2. The van der Waals surface area contributed by atoms with Crippen LogP contribution in [0.4, 0.5) is 0 Å². The third-order valence-electron chi connectivity index (χ3n) is 5.88. The molecule has 1 aliphatic rings. The molecule has 2 aromatic carbocycles. The Morgan fingerprint density at radius 1 is 1.12 bits per heavy atom. The van der Waals surface area contributed by atoms with E-state index >= 15 is 0 Å². The van der Waals surface area contributed by atoms with E-state index in [9.17, 15) is 13.2 Å². The highest BCUT2D eigenvalue weighted by Crippen LogP contribution is 2.24. The molecule has 0 bridgehead atoms. The van der Waals surface area contributed by atoms with Crippen molar-refractivity contribution in [3.63, 3.8) is 0 Å². The predicted molar refractivity (Wildman–Crippen MR) is 130 cm³/mol. The molecule has 1 saturated heterocycles. The van der Waals surface area contributed by atoms with Crippen LogP contribution in [0.2, 0.25) is 0 Å². The summed E-state index contributed by atoms with van der Waals surface area (Å²) in [5.74, 6) is 1.46. The average molecular weight is 485 g/mol. The zero-order valence-electron chi connectivity index (χ0n) is 18.6. The quantitative estimate of drug-likeness (QED) is 0.469. The molecule has 3 aromatic rings. The molecule has 1 fully saturated rings. The molecule has 0 radical (unpaired) electrons. The summed E-state index contributed by atoms with van der Waals surface area (Å²) in [4.78, 5) is 12.8. The summed E-state index contributed by atoms with van der Waals surface area (Å²) in [5, 5.41) is 12.3. The van der Waals surface area contributed by atoms with Gasteiger partial charge < -0.3 is 9.88 Å². The van der Waals surface area contributed by atoms with Crippen LogP contribution in [0.15, 0.2) is 65.8 Å². The Morgan fingerprint density at radius 3 is 2.48 bits per heavy atom. The molecule has 9 heteroatoms. The van der Waals surface area contributed by atoms with Crippen LogP contribution in [0, 0.1) is 5.92 Å². The van der Waals surface area contributed by atoms with Gasteiger partial charge in [0.25, 0.3) is 0 Å². The summed E-state index contributed by atoms with van der Waals surface area (Å²) in [6.07, 6.45) is 1.96. The molecule has 33 heavy (non-hydrogen) atoms. The monoisotopic (exact) mass is 484 g/mol. The Kier molecular flexibility index (Phi) is 7.49. The SMILES string of the molecule is Cn1c(CC2CCS(=O)(=O)C2)nnc1SCC(=O)NC(Cc1ccccc1)c1ccccc1. The third kappa shape index (κ3) is 6.45. The lowest BCUT2D eigenvalue weighted by Crippen LogP contribution is -2.31. The van der Waals surface area contributed by atoms with Crippen molar-refractivity contribution in [2.45, 2.75) is 30.5 Å². The minimum absolute atomic E-state index is 0.0729. The molecule has 2 atom stereocenters. The minimum Gasteiger partial charge on any atom is -0.348 e. The van der Waals surface area contributed by atoms with Crippen molar-refractivity contribution in [3.05, 3.63) is 77.6 Å². The fourth-order valence-electron chi connectivity index (χ4n) is 4.09.